The molecule has 0 spiro atoms. The van der Waals surface area contributed by atoms with Crippen molar-refractivity contribution in [2.45, 2.75) is 20.3 Å². The second kappa shape index (κ2) is 4.80. The van der Waals surface area contributed by atoms with Gasteiger partial charge in [-0.3, -0.25) is 0 Å². The van der Waals surface area contributed by atoms with E-state index in [0.29, 0.717) is 0 Å². The zero-order valence-corrected chi connectivity index (χ0v) is 13.7. The van der Waals surface area contributed by atoms with Crippen LogP contribution in [0.4, 0.5) is 0 Å². The monoisotopic (exact) mass is 436 g/mol. The molecule has 0 radical (unpaired) electrons. The Labute approximate surface area is 124 Å². The van der Waals surface area contributed by atoms with Gasteiger partial charge in [-0.25, -0.2) is 0 Å². The zero-order chi connectivity index (χ0) is 11.8. The van der Waals surface area contributed by atoms with Gasteiger partial charge in [-0.2, -0.15) is 0 Å². The van der Waals surface area contributed by atoms with Gasteiger partial charge in [0.1, 0.15) is 0 Å². The predicted molar refractivity (Wildman–Crippen MR) is 87.6 cm³/mol. The molecule has 0 fully saturated rings. The molecule has 0 saturated heterocycles. The standard InChI is InChI=1S/C14H14I2/c1-14(2)9-11(5-8-13(14)16)10-3-6-12(15)7-4-10/h3-8H,9H2,1-2H3. The number of allylic oxidation sites excluding steroid dienone is 4. The van der Waals surface area contributed by atoms with Crippen molar-refractivity contribution in [3.8, 4) is 0 Å². The Bertz CT molecular complexity index is 450. The van der Waals surface area contributed by atoms with Gasteiger partial charge in [0.05, 0.1) is 0 Å². The first-order chi connectivity index (χ1) is 7.49. The molecule has 0 N–H and O–H groups in total. The Morgan fingerprint density at radius 2 is 1.62 bits per heavy atom. The first-order valence-electron chi connectivity index (χ1n) is 5.32. The van der Waals surface area contributed by atoms with Gasteiger partial charge in [0.2, 0.25) is 0 Å². The fraction of sp³-hybridized carbons (Fsp3) is 0.286. The van der Waals surface area contributed by atoms with Crippen molar-refractivity contribution in [2.75, 3.05) is 0 Å². The van der Waals surface area contributed by atoms with E-state index in [0.717, 1.165) is 6.42 Å². The van der Waals surface area contributed by atoms with Crippen LogP contribution in [0.1, 0.15) is 25.8 Å². The first-order valence-corrected chi connectivity index (χ1v) is 7.47. The summed E-state index contributed by atoms with van der Waals surface area (Å²) in [7, 11) is 0. The normalized spacial score (nSPS) is 19.0. The van der Waals surface area contributed by atoms with Crippen molar-refractivity contribution in [1.29, 1.82) is 0 Å². The predicted octanol–water partition coefficient (Wildman–Crippen LogP) is 5.42. The Hall–Kier alpha value is 0.160. The third-order valence-electron chi connectivity index (χ3n) is 2.92. The summed E-state index contributed by atoms with van der Waals surface area (Å²) in [6, 6.07) is 8.78. The van der Waals surface area contributed by atoms with Crippen molar-refractivity contribution >= 4 is 50.8 Å². The van der Waals surface area contributed by atoms with Crippen molar-refractivity contribution in [2.24, 2.45) is 5.41 Å². The Balaban J connectivity index is 2.34. The lowest BCUT2D eigenvalue weighted by Gasteiger charge is -2.29. The zero-order valence-electron chi connectivity index (χ0n) is 9.43. The van der Waals surface area contributed by atoms with Gasteiger partial charge in [0.25, 0.3) is 0 Å². The molecular formula is C14H14I2. The molecule has 0 heterocycles. The molecule has 1 aromatic rings. The third kappa shape index (κ3) is 2.70. The molecule has 0 amide bonds. The van der Waals surface area contributed by atoms with Gasteiger partial charge in [-0.1, -0.05) is 38.1 Å². The van der Waals surface area contributed by atoms with E-state index in [-0.39, 0.29) is 5.41 Å². The molecule has 0 aliphatic heterocycles. The molecule has 84 valence electrons. The summed E-state index contributed by atoms with van der Waals surface area (Å²) >= 11 is 4.79. The van der Waals surface area contributed by atoms with Gasteiger partial charge >= 0.3 is 0 Å². The molecule has 2 rings (SSSR count). The number of hydrogen-bond acceptors (Lipinski definition) is 0. The summed E-state index contributed by atoms with van der Waals surface area (Å²) < 4.78 is 2.74. The van der Waals surface area contributed by atoms with Crippen molar-refractivity contribution in [3.05, 3.63) is 49.1 Å². The minimum absolute atomic E-state index is 0.285. The van der Waals surface area contributed by atoms with E-state index in [1.54, 1.807) is 0 Å². The largest absolute Gasteiger partial charge is 0.0577 e. The maximum atomic E-state index is 2.45. The van der Waals surface area contributed by atoms with Crippen LogP contribution in [0, 0.1) is 8.99 Å². The van der Waals surface area contributed by atoms with E-state index < -0.39 is 0 Å². The molecule has 2 heteroatoms. The lowest BCUT2D eigenvalue weighted by molar-refractivity contribution is 0.488. The average molecular weight is 436 g/mol. The summed E-state index contributed by atoms with van der Waals surface area (Å²) in [6.07, 6.45) is 5.63. The number of benzene rings is 1. The van der Waals surface area contributed by atoms with Crippen LogP contribution in [0.25, 0.3) is 5.57 Å². The van der Waals surface area contributed by atoms with Crippen LogP contribution in [0.3, 0.4) is 0 Å². The third-order valence-corrected chi connectivity index (χ3v) is 5.46. The molecule has 0 atom stereocenters. The van der Waals surface area contributed by atoms with Gasteiger partial charge < -0.3 is 0 Å². The van der Waals surface area contributed by atoms with Crippen LogP contribution in [0.15, 0.2) is 40.0 Å². The Morgan fingerprint density at radius 1 is 1.00 bits per heavy atom. The highest BCUT2D eigenvalue weighted by Crippen LogP contribution is 2.43. The smallest absolute Gasteiger partial charge is 0.0130 e. The summed E-state index contributed by atoms with van der Waals surface area (Å²) in [4.78, 5) is 0. The van der Waals surface area contributed by atoms with Gasteiger partial charge in [0, 0.05) is 3.57 Å². The molecule has 0 bridgehead atoms. The van der Waals surface area contributed by atoms with Crippen LogP contribution < -0.4 is 0 Å². The highest BCUT2D eigenvalue weighted by Gasteiger charge is 2.25. The van der Waals surface area contributed by atoms with Crippen LogP contribution in [-0.2, 0) is 0 Å². The summed E-state index contributed by atoms with van der Waals surface area (Å²) in [5.41, 5.74) is 3.09. The highest BCUT2D eigenvalue weighted by atomic mass is 127. The second-order valence-electron chi connectivity index (χ2n) is 4.77. The summed E-state index contributed by atoms with van der Waals surface area (Å²) in [5.74, 6) is 0. The molecule has 1 aromatic carbocycles. The lowest BCUT2D eigenvalue weighted by Crippen LogP contribution is -2.14. The maximum absolute atomic E-state index is 2.45. The Morgan fingerprint density at radius 3 is 2.19 bits per heavy atom. The van der Waals surface area contributed by atoms with E-state index in [9.17, 15) is 0 Å². The molecule has 0 aromatic heterocycles. The van der Waals surface area contributed by atoms with Crippen molar-refractivity contribution in [1.82, 2.24) is 0 Å². The second-order valence-corrected chi connectivity index (χ2v) is 7.18. The fourth-order valence-corrected chi connectivity index (χ4v) is 2.61. The molecule has 1 aliphatic rings. The number of halogens is 2. The summed E-state index contributed by atoms with van der Waals surface area (Å²) in [5, 5.41) is 0. The first kappa shape index (κ1) is 12.6. The number of rotatable bonds is 1. The molecule has 0 nitrogen and oxygen atoms in total. The molecular weight excluding hydrogens is 422 g/mol. The van der Waals surface area contributed by atoms with Crippen LogP contribution in [-0.4, -0.2) is 0 Å². The minimum Gasteiger partial charge on any atom is -0.0577 e. The van der Waals surface area contributed by atoms with Crippen LogP contribution in [0.5, 0.6) is 0 Å². The quantitative estimate of drug-likeness (QED) is 0.516. The topological polar surface area (TPSA) is 0 Å². The van der Waals surface area contributed by atoms with Gasteiger partial charge in [-0.15, -0.1) is 0 Å². The number of hydrogen-bond donors (Lipinski definition) is 0. The van der Waals surface area contributed by atoms with E-state index in [1.165, 1.54) is 18.3 Å². The van der Waals surface area contributed by atoms with Gasteiger partial charge in [0.15, 0.2) is 0 Å². The molecule has 16 heavy (non-hydrogen) atoms. The van der Waals surface area contributed by atoms with Crippen LogP contribution in [0.2, 0.25) is 0 Å². The van der Waals surface area contributed by atoms with Crippen molar-refractivity contribution in [3.63, 3.8) is 0 Å². The van der Waals surface area contributed by atoms with E-state index in [2.05, 4.69) is 95.4 Å². The summed E-state index contributed by atoms with van der Waals surface area (Å²) in [6.45, 7) is 4.62. The lowest BCUT2D eigenvalue weighted by atomic mass is 9.80. The maximum Gasteiger partial charge on any atom is 0.0130 e. The molecule has 0 saturated carbocycles. The van der Waals surface area contributed by atoms with E-state index in [1.807, 2.05) is 0 Å². The van der Waals surface area contributed by atoms with Crippen LogP contribution >= 0.6 is 45.2 Å². The molecule has 0 unspecified atom stereocenters. The van der Waals surface area contributed by atoms with E-state index in [4.69, 9.17) is 0 Å². The van der Waals surface area contributed by atoms with Crippen molar-refractivity contribution < 1.29 is 0 Å². The minimum atomic E-state index is 0.285. The van der Waals surface area contributed by atoms with E-state index >= 15 is 0 Å². The Kier molecular flexibility index (Phi) is 3.79. The highest BCUT2D eigenvalue weighted by molar-refractivity contribution is 14.1. The fourth-order valence-electron chi connectivity index (χ4n) is 1.88. The average Bonchev–Trinajstić information content (AvgIpc) is 2.23. The SMILES string of the molecule is CC1(C)CC(c2ccc(I)cc2)=CC=C1I. The molecule has 1 aliphatic carbocycles. The van der Waals surface area contributed by atoms with Gasteiger partial charge in [-0.05, 0) is 83.9 Å².